The van der Waals surface area contributed by atoms with Gasteiger partial charge in [-0.05, 0) is 43.4 Å². The SMILES string of the molecule is CN1CCNCC1c1noc(-c2ccc(-c3ccc(F)cc3)o2)n1. The Bertz CT molecular complexity index is 827. The number of halogens is 1. The van der Waals surface area contributed by atoms with E-state index in [9.17, 15) is 4.39 Å². The number of hydrogen-bond donors (Lipinski definition) is 1. The van der Waals surface area contributed by atoms with Gasteiger partial charge in [-0.15, -0.1) is 0 Å². The van der Waals surface area contributed by atoms with Crippen LogP contribution in [0.15, 0.2) is 45.3 Å². The average molecular weight is 328 g/mol. The van der Waals surface area contributed by atoms with E-state index in [1.807, 2.05) is 7.05 Å². The molecule has 3 aromatic rings. The van der Waals surface area contributed by atoms with E-state index < -0.39 is 0 Å². The van der Waals surface area contributed by atoms with Gasteiger partial charge in [-0.1, -0.05) is 5.16 Å². The molecule has 1 N–H and O–H groups in total. The third-order valence-electron chi connectivity index (χ3n) is 4.20. The molecular formula is C17H17FN4O2. The van der Waals surface area contributed by atoms with Gasteiger partial charge in [0.1, 0.15) is 11.6 Å². The summed E-state index contributed by atoms with van der Waals surface area (Å²) in [5.74, 6) is 1.83. The Kier molecular flexibility index (Phi) is 3.87. The summed E-state index contributed by atoms with van der Waals surface area (Å²) < 4.78 is 24.1. The third-order valence-corrected chi connectivity index (χ3v) is 4.20. The van der Waals surface area contributed by atoms with Crippen molar-refractivity contribution in [3.8, 4) is 23.0 Å². The minimum Gasteiger partial charge on any atom is -0.451 e. The summed E-state index contributed by atoms with van der Waals surface area (Å²) in [5, 5.41) is 7.41. The summed E-state index contributed by atoms with van der Waals surface area (Å²) in [7, 11) is 2.04. The van der Waals surface area contributed by atoms with E-state index >= 15 is 0 Å². The molecule has 1 aromatic carbocycles. The van der Waals surface area contributed by atoms with Crippen LogP contribution in [0.3, 0.4) is 0 Å². The lowest BCUT2D eigenvalue weighted by Crippen LogP contribution is -2.44. The average Bonchev–Trinajstić information content (AvgIpc) is 3.25. The molecule has 6 nitrogen and oxygen atoms in total. The predicted molar refractivity (Wildman–Crippen MR) is 85.6 cm³/mol. The lowest BCUT2D eigenvalue weighted by atomic mass is 10.2. The second-order valence-corrected chi connectivity index (χ2v) is 5.83. The van der Waals surface area contributed by atoms with Gasteiger partial charge < -0.3 is 14.3 Å². The third kappa shape index (κ3) is 2.83. The Morgan fingerprint density at radius 3 is 2.75 bits per heavy atom. The van der Waals surface area contributed by atoms with Gasteiger partial charge in [0, 0.05) is 25.2 Å². The first-order chi connectivity index (χ1) is 11.7. The highest BCUT2D eigenvalue weighted by Crippen LogP contribution is 2.29. The monoisotopic (exact) mass is 328 g/mol. The van der Waals surface area contributed by atoms with Crippen molar-refractivity contribution in [1.29, 1.82) is 0 Å². The maximum absolute atomic E-state index is 13.0. The first-order valence-electron chi connectivity index (χ1n) is 7.81. The van der Waals surface area contributed by atoms with Crippen LogP contribution >= 0.6 is 0 Å². The molecule has 7 heteroatoms. The van der Waals surface area contributed by atoms with Crippen LogP contribution in [0.2, 0.25) is 0 Å². The summed E-state index contributed by atoms with van der Waals surface area (Å²) in [4.78, 5) is 6.65. The van der Waals surface area contributed by atoms with Crippen LogP contribution in [0.4, 0.5) is 4.39 Å². The van der Waals surface area contributed by atoms with E-state index in [1.165, 1.54) is 12.1 Å². The van der Waals surface area contributed by atoms with Crippen molar-refractivity contribution >= 4 is 0 Å². The Morgan fingerprint density at radius 1 is 1.17 bits per heavy atom. The van der Waals surface area contributed by atoms with Crippen molar-refractivity contribution in [1.82, 2.24) is 20.4 Å². The zero-order valence-electron chi connectivity index (χ0n) is 13.2. The molecule has 24 heavy (non-hydrogen) atoms. The van der Waals surface area contributed by atoms with Crippen molar-refractivity contribution in [2.75, 3.05) is 26.7 Å². The van der Waals surface area contributed by atoms with Crippen LogP contribution in [-0.2, 0) is 0 Å². The maximum Gasteiger partial charge on any atom is 0.293 e. The predicted octanol–water partition coefficient (Wildman–Crippen LogP) is 2.71. The standard InChI is InChI=1S/C17H17FN4O2/c1-22-9-8-19-10-13(22)16-20-17(24-21-16)15-7-6-14(23-15)11-2-4-12(18)5-3-11/h2-7,13,19H,8-10H2,1H3. The second-order valence-electron chi connectivity index (χ2n) is 5.83. The molecule has 0 spiro atoms. The minimum atomic E-state index is -0.280. The Hall–Kier alpha value is -2.51. The second kappa shape index (κ2) is 6.18. The molecule has 1 fully saturated rings. The normalized spacial score (nSPS) is 18.8. The van der Waals surface area contributed by atoms with E-state index in [4.69, 9.17) is 8.94 Å². The van der Waals surface area contributed by atoms with Gasteiger partial charge in [0.2, 0.25) is 0 Å². The number of piperazine rings is 1. The van der Waals surface area contributed by atoms with Crippen molar-refractivity contribution in [2.45, 2.75) is 6.04 Å². The Balaban J connectivity index is 1.58. The quantitative estimate of drug-likeness (QED) is 0.797. The summed E-state index contributed by atoms with van der Waals surface area (Å²) in [6, 6.07) is 9.80. The molecular weight excluding hydrogens is 311 g/mol. The first-order valence-corrected chi connectivity index (χ1v) is 7.81. The minimum absolute atomic E-state index is 0.0859. The summed E-state index contributed by atoms with van der Waals surface area (Å²) in [6.07, 6.45) is 0. The molecule has 1 atom stereocenters. The van der Waals surface area contributed by atoms with Gasteiger partial charge in [0.25, 0.3) is 5.89 Å². The lowest BCUT2D eigenvalue weighted by Gasteiger charge is -2.30. The zero-order chi connectivity index (χ0) is 16.5. The summed E-state index contributed by atoms with van der Waals surface area (Å²) in [6.45, 7) is 2.68. The number of likely N-dealkylation sites (N-methyl/N-ethyl adjacent to an activating group) is 1. The molecule has 1 aliphatic rings. The number of rotatable bonds is 3. The lowest BCUT2D eigenvalue weighted by molar-refractivity contribution is 0.190. The summed E-state index contributed by atoms with van der Waals surface area (Å²) in [5.41, 5.74) is 0.790. The number of furan rings is 1. The molecule has 0 bridgehead atoms. The van der Waals surface area contributed by atoms with Crippen LogP contribution < -0.4 is 5.32 Å². The van der Waals surface area contributed by atoms with E-state index in [0.717, 1.165) is 25.2 Å². The van der Waals surface area contributed by atoms with Gasteiger partial charge >= 0.3 is 0 Å². The number of nitrogens with one attached hydrogen (secondary N) is 1. The van der Waals surface area contributed by atoms with Crippen LogP contribution in [0.1, 0.15) is 11.9 Å². The molecule has 0 amide bonds. The molecule has 1 unspecified atom stereocenters. The number of benzene rings is 1. The Morgan fingerprint density at radius 2 is 1.96 bits per heavy atom. The van der Waals surface area contributed by atoms with Crippen LogP contribution in [-0.4, -0.2) is 41.7 Å². The van der Waals surface area contributed by atoms with Crippen molar-refractivity contribution < 1.29 is 13.3 Å². The largest absolute Gasteiger partial charge is 0.451 e. The smallest absolute Gasteiger partial charge is 0.293 e. The molecule has 3 heterocycles. The topological polar surface area (TPSA) is 67.3 Å². The van der Waals surface area contributed by atoms with E-state index in [2.05, 4.69) is 20.4 Å². The molecule has 0 aliphatic carbocycles. The van der Waals surface area contributed by atoms with Gasteiger partial charge in [-0.2, -0.15) is 4.98 Å². The van der Waals surface area contributed by atoms with Crippen LogP contribution in [0.25, 0.3) is 23.0 Å². The summed E-state index contributed by atoms with van der Waals surface area (Å²) >= 11 is 0. The molecule has 124 valence electrons. The molecule has 1 aliphatic heterocycles. The fourth-order valence-corrected chi connectivity index (χ4v) is 2.79. The van der Waals surface area contributed by atoms with Crippen LogP contribution in [0, 0.1) is 5.82 Å². The maximum atomic E-state index is 13.0. The molecule has 1 saturated heterocycles. The van der Waals surface area contributed by atoms with E-state index in [0.29, 0.717) is 23.2 Å². The van der Waals surface area contributed by atoms with Crippen LogP contribution in [0.5, 0.6) is 0 Å². The first kappa shape index (κ1) is 15.0. The van der Waals surface area contributed by atoms with Gasteiger partial charge in [0.05, 0.1) is 6.04 Å². The molecule has 2 aromatic heterocycles. The number of aromatic nitrogens is 2. The highest BCUT2D eigenvalue weighted by atomic mass is 19.1. The van der Waals surface area contributed by atoms with Gasteiger partial charge in [-0.3, -0.25) is 4.90 Å². The molecule has 0 radical (unpaired) electrons. The fourth-order valence-electron chi connectivity index (χ4n) is 2.79. The molecule has 4 rings (SSSR count). The number of nitrogens with zero attached hydrogens (tertiary/aromatic N) is 3. The highest BCUT2D eigenvalue weighted by molar-refractivity contribution is 5.61. The van der Waals surface area contributed by atoms with Gasteiger partial charge in [-0.25, -0.2) is 4.39 Å². The fraction of sp³-hybridized carbons (Fsp3) is 0.294. The number of hydrogen-bond acceptors (Lipinski definition) is 6. The van der Waals surface area contributed by atoms with E-state index in [1.54, 1.807) is 24.3 Å². The van der Waals surface area contributed by atoms with Crippen molar-refractivity contribution in [3.63, 3.8) is 0 Å². The van der Waals surface area contributed by atoms with Crippen molar-refractivity contribution in [2.24, 2.45) is 0 Å². The Labute approximate surface area is 138 Å². The molecule has 0 saturated carbocycles. The van der Waals surface area contributed by atoms with Gasteiger partial charge in [0.15, 0.2) is 11.6 Å². The van der Waals surface area contributed by atoms with E-state index in [-0.39, 0.29) is 11.9 Å². The van der Waals surface area contributed by atoms with Crippen molar-refractivity contribution in [3.05, 3.63) is 48.0 Å². The zero-order valence-corrected chi connectivity index (χ0v) is 13.2. The highest BCUT2D eigenvalue weighted by Gasteiger charge is 2.26.